The Morgan fingerprint density at radius 2 is 1.83 bits per heavy atom. The molecule has 152 valence electrons. The highest BCUT2D eigenvalue weighted by Gasteiger charge is 2.22. The standard InChI is InChI=1S/C22H24N2O5/c1-3-5-18(25)14-29-19-11-8-16(12-20(19)28-4-2)21(22(26)27)24-17-9-6-15(13-23)7-10-17/h6-12,21,24H,3-5,14H2,1-2H3,(H,26,27)/t21-/m0/s1. The van der Waals surface area contributed by atoms with Crippen molar-refractivity contribution < 1.29 is 24.2 Å². The van der Waals surface area contributed by atoms with Crippen molar-refractivity contribution in [2.45, 2.75) is 32.7 Å². The molecule has 0 spiro atoms. The first-order chi connectivity index (χ1) is 14.0. The summed E-state index contributed by atoms with van der Waals surface area (Å²) in [5.74, 6) is -0.307. The number of nitrogens with zero attached hydrogens (tertiary/aromatic N) is 1. The number of nitrogens with one attached hydrogen (secondary N) is 1. The molecule has 0 aromatic heterocycles. The van der Waals surface area contributed by atoms with Gasteiger partial charge >= 0.3 is 5.97 Å². The quantitative estimate of drug-likeness (QED) is 0.592. The summed E-state index contributed by atoms with van der Waals surface area (Å²) in [6, 6.07) is 12.3. The number of carbonyl (C=O) groups is 2. The van der Waals surface area contributed by atoms with Gasteiger partial charge in [-0.1, -0.05) is 13.0 Å². The number of rotatable bonds is 11. The van der Waals surface area contributed by atoms with Crippen LogP contribution in [0.15, 0.2) is 42.5 Å². The molecule has 7 heteroatoms. The van der Waals surface area contributed by atoms with Gasteiger partial charge in [0.05, 0.1) is 18.2 Å². The molecule has 0 saturated carbocycles. The minimum atomic E-state index is -1.07. The van der Waals surface area contributed by atoms with Crippen LogP contribution >= 0.6 is 0 Å². The Bertz CT molecular complexity index is 887. The summed E-state index contributed by atoms with van der Waals surface area (Å²) in [5, 5.41) is 21.5. The van der Waals surface area contributed by atoms with Gasteiger partial charge in [0.15, 0.2) is 23.3 Å². The van der Waals surface area contributed by atoms with Crippen molar-refractivity contribution in [3.63, 3.8) is 0 Å². The van der Waals surface area contributed by atoms with Crippen molar-refractivity contribution in [3.8, 4) is 17.6 Å². The van der Waals surface area contributed by atoms with E-state index >= 15 is 0 Å². The predicted octanol–water partition coefficient (Wildman–Crippen LogP) is 3.94. The number of nitriles is 1. The summed E-state index contributed by atoms with van der Waals surface area (Å²) >= 11 is 0. The Morgan fingerprint density at radius 1 is 1.10 bits per heavy atom. The van der Waals surface area contributed by atoms with E-state index in [1.807, 2.05) is 19.9 Å². The number of hydrogen-bond acceptors (Lipinski definition) is 6. The van der Waals surface area contributed by atoms with Gasteiger partial charge in [0, 0.05) is 12.1 Å². The van der Waals surface area contributed by atoms with E-state index in [2.05, 4.69) is 5.32 Å². The zero-order valence-corrected chi connectivity index (χ0v) is 16.5. The van der Waals surface area contributed by atoms with Crippen LogP contribution in [0.2, 0.25) is 0 Å². The fourth-order valence-corrected chi connectivity index (χ4v) is 2.70. The maximum atomic E-state index is 11.8. The molecule has 2 aromatic carbocycles. The lowest BCUT2D eigenvalue weighted by molar-refractivity contribution is -0.138. The normalized spacial score (nSPS) is 11.2. The Morgan fingerprint density at radius 3 is 2.41 bits per heavy atom. The number of anilines is 1. The van der Waals surface area contributed by atoms with Gasteiger partial charge in [-0.25, -0.2) is 4.79 Å². The second kappa shape index (κ2) is 10.7. The fraction of sp³-hybridized carbons (Fsp3) is 0.318. The molecule has 1 atom stereocenters. The molecule has 0 aliphatic carbocycles. The third kappa shape index (κ3) is 6.25. The number of hydrogen-bond donors (Lipinski definition) is 2. The molecule has 0 amide bonds. The Balaban J connectivity index is 2.24. The summed E-state index contributed by atoms with van der Waals surface area (Å²) in [5.41, 5.74) is 1.53. The number of benzene rings is 2. The van der Waals surface area contributed by atoms with Crippen molar-refractivity contribution in [1.29, 1.82) is 5.26 Å². The molecule has 0 saturated heterocycles. The molecule has 0 radical (unpaired) electrons. The molecule has 2 N–H and O–H groups in total. The van der Waals surface area contributed by atoms with Gasteiger partial charge in [-0.3, -0.25) is 4.79 Å². The number of Topliss-reactive ketones (excluding diaryl/α,β-unsaturated/α-hetero) is 1. The largest absolute Gasteiger partial charge is 0.490 e. The van der Waals surface area contributed by atoms with E-state index in [0.717, 1.165) is 6.42 Å². The van der Waals surface area contributed by atoms with Gasteiger partial charge in [-0.05, 0) is 55.3 Å². The number of aliphatic carboxylic acids is 1. The van der Waals surface area contributed by atoms with Crippen molar-refractivity contribution in [1.82, 2.24) is 0 Å². The lowest BCUT2D eigenvalue weighted by Crippen LogP contribution is -2.20. The minimum absolute atomic E-state index is 0.00933. The second-order valence-electron chi connectivity index (χ2n) is 6.32. The van der Waals surface area contributed by atoms with E-state index in [-0.39, 0.29) is 12.4 Å². The van der Waals surface area contributed by atoms with Crippen molar-refractivity contribution in [2.24, 2.45) is 0 Å². The summed E-state index contributed by atoms with van der Waals surface area (Å²) in [7, 11) is 0. The molecular formula is C22H24N2O5. The van der Waals surface area contributed by atoms with Crippen LogP contribution in [0, 0.1) is 11.3 Å². The van der Waals surface area contributed by atoms with E-state index in [4.69, 9.17) is 14.7 Å². The average molecular weight is 396 g/mol. The van der Waals surface area contributed by atoms with Crippen molar-refractivity contribution in [3.05, 3.63) is 53.6 Å². The van der Waals surface area contributed by atoms with E-state index in [9.17, 15) is 14.7 Å². The number of carboxylic acids is 1. The summed E-state index contributed by atoms with van der Waals surface area (Å²) in [6.07, 6.45) is 1.19. The first kappa shape index (κ1) is 21.8. The maximum absolute atomic E-state index is 11.8. The zero-order valence-electron chi connectivity index (χ0n) is 16.5. The van der Waals surface area contributed by atoms with Gasteiger partial charge < -0.3 is 19.9 Å². The number of ether oxygens (including phenoxy) is 2. The van der Waals surface area contributed by atoms with Crippen LogP contribution in [0.5, 0.6) is 11.5 Å². The third-order valence-corrected chi connectivity index (χ3v) is 4.09. The topological polar surface area (TPSA) is 109 Å². The van der Waals surface area contributed by atoms with E-state index in [1.165, 1.54) is 0 Å². The lowest BCUT2D eigenvalue weighted by Gasteiger charge is -2.19. The number of carboxylic acid groups (broad SMARTS) is 1. The second-order valence-corrected chi connectivity index (χ2v) is 6.32. The molecule has 0 aliphatic heterocycles. The van der Waals surface area contributed by atoms with E-state index in [1.54, 1.807) is 42.5 Å². The Hall–Kier alpha value is -3.53. The SMILES string of the molecule is CCCC(=O)COc1ccc([C@H](Nc2ccc(C#N)cc2)C(=O)O)cc1OCC. The highest BCUT2D eigenvalue weighted by molar-refractivity contribution is 5.80. The van der Waals surface area contributed by atoms with Crippen LogP contribution in [0.3, 0.4) is 0 Å². The fourth-order valence-electron chi connectivity index (χ4n) is 2.70. The zero-order chi connectivity index (χ0) is 21.2. The maximum Gasteiger partial charge on any atom is 0.330 e. The smallest absolute Gasteiger partial charge is 0.330 e. The van der Waals surface area contributed by atoms with Crippen molar-refractivity contribution in [2.75, 3.05) is 18.5 Å². The van der Waals surface area contributed by atoms with E-state index < -0.39 is 12.0 Å². The van der Waals surface area contributed by atoms with Crippen LogP contribution in [-0.2, 0) is 9.59 Å². The average Bonchev–Trinajstić information content (AvgIpc) is 2.71. The van der Waals surface area contributed by atoms with Crippen molar-refractivity contribution >= 4 is 17.4 Å². The molecule has 2 rings (SSSR count). The molecular weight excluding hydrogens is 372 g/mol. The molecule has 0 aliphatic rings. The summed E-state index contributed by atoms with van der Waals surface area (Å²) < 4.78 is 11.2. The van der Waals surface area contributed by atoms with Gasteiger partial charge in [-0.15, -0.1) is 0 Å². The highest BCUT2D eigenvalue weighted by atomic mass is 16.5. The number of ketones is 1. The molecule has 0 fully saturated rings. The minimum Gasteiger partial charge on any atom is -0.490 e. The van der Waals surface area contributed by atoms with Gasteiger partial charge in [-0.2, -0.15) is 5.26 Å². The molecule has 0 bridgehead atoms. The molecule has 29 heavy (non-hydrogen) atoms. The Kier molecular flexibility index (Phi) is 8.04. The molecule has 7 nitrogen and oxygen atoms in total. The van der Waals surface area contributed by atoms with Crippen LogP contribution < -0.4 is 14.8 Å². The van der Waals surface area contributed by atoms with Crippen LogP contribution in [0.25, 0.3) is 0 Å². The van der Waals surface area contributed by atoms with Crippen LogP contribution in [0.4, 0.5) is 5.69 Å². The summed E-state index contributed by atoms with van der Waals surface area (Å²) in [6.45, 7) is 4.04. The highest BCUT2D eigenvalue weighted by Crippen LogP contribution is 2.32. The first-order valence-corrected chi connectivity index (χ1v) is 9.39. The number of carbonyl (C=O) groups excluding carboxylic acids is 1. The monoisotopic (exact) mass is 396 g/mol. The van der Waals surface area contributed by atoms with Crippen LogP contribution in [-0.4, -0.2) is 30.1 Å². The summed E-state index contributed by atoms with van der Waals surface area (Å²) in [4.78, 5) is 23.6. The molecule has 0 heterocycles. The van der Waals surface area contributed by atoms with Gasteiger partial charge in [0.25, 0.3) is 0 Å². The third-order valence-electron chi connectivity index (χ3n) is 4.09. The van der Waals surface area contributed by atoms with Crippen LogP contribution in [0.1, 0.15) is 43.9 Å². The van der Waals surface area contributed by atoms with Gasteiger partial charge in [0.2, 0.25) is 0 Å². The van der Waals surface area contributed by atoms with Gasteiger partial charge in [0.1, 0.15) is 6.61 Å². The lowest BCUT2D eigenvalue weighted by atomic mass is 10.1. The molecule has 0 unspecified atom stereocenters. The first-order valence-electron chi connectivity index (χ1n) is 9.39. The molecule has 2 aromatic rings. The van der Waals surface area contributed by atoms with E-state index in [0.29, 0.717) is 41.3 Å². The predicted molar refractivity (Wildman–Crippen MR) is 108 cm³/mol. The Labute approximate surface area is 169 Å².